The molecule has 1 aliphatic carbocycles. The SMILES string of the molecule is CN=C(NCC1CCCOC1c1ccc(C)cc1)NC1CC1c1ccccc1F.I. The molecule has 1 aliphatic heterocycles. The van der Waals surface area contributed by atoms with Crippen LogP contribution in [0.2, 0.25) is 0 Å². The zero-order chi connectivity index (χ0) is 20.2. The summed E-state index contributed by atoms with van der Waals surface area (Å²) in [4.78, 5) is 4.37. The van der Waals surface area contributed by atoms with E-state index < -0.39 is 0 Å². The number of guanidine groups is 1. The molecule has 4 rings (SSSR count). The van der Waals surface area contributed by atoms with E-state index in [2.05, 4.69) is 46.8 Å². The van der Waals surface area contributed by atoms with Crippen molar-refractivity contribution >= 4 is 29.9 Å². The molecular formula is C24H31FIN3O. The molecule has 4 atom stereocenters. The van der Waals surface area contributed by atoms with Crippen LogP contribution < -0.4 is 10.6 Å². The van der Waals surface area contributed by atoms with Crippen LogP contribution >= 0.6 is 24.0 Å². The van der Waals surface area contributed by atoms with Gasteiger partial charge in [0.25, 0.3) is 0 Å². The Morgan fingerprint density at radius 1 is 1.17 bits per heavy atom. The normalized spacial score (nSPS) is 25.9. The maximum Gasteiger partial charge on any atom is 0.191 e. The van der Waals surface area contributed by atoms with E-state index in [9.17, 15) is 4.39 Å². The summed E-state index contributed by atoms with van der Waals surface area (Å²) in [6, 6.07) is 15.9. The zero-order valence-corrected chi connectivity index (χ0v) is 19.9. The van der Waals surface area contributed by atoms with Crippen LogP contribution in [0.4, 0.5) is 4.39 Å². The van der Waals surface area contributed by atoms with E-state index in [0.29, 0.717) is 5.92 Å². The Hall–Kier alpha value is -1.67. The summed E-state index contributed by atoms with van der Waals surface area (Å²) in [6.45, 7) is 3.72. The molecular weight excluding hydrogens is 492 g/mol. The minimum atomic E-state index is -0.120. The quantitative estimate of drug-likeness (QED) is 0.332. The molecule has 0 radical (unpaired) electrons. The molecule has 30 heavy (non-hydrogen) atoms. The first-order valence-electron chi connectivity index (χ1n) is 10.6. The number of aryl methyl sites for hydroxylation is 1. The largest absolute Gasteiger partial charge is 0.373 e. The first kappa shape index (κ1) is 23.0. The topological polar surface area (TPSA) is 45.7 Å². The Morgan fingerprint density at radius 2 is 1.93 bits per heavy atom. The summed E-state index contributed by atoms with van der Waals surface area (Å²) >= 11 is 0. The van der Waals surface area contributed by atoms with Crippen LogP contribution in [0.5, 0.6) is 0 Å². The van der Waals surface area contributed by atoms with Crippen LogP contribution in [0, 0.1) is 18.7 Å². The highest BCUT2D eigenvalue weighted by Gasteiger charge is 2.40. The summed E-state index contributed by atoms with van der Waals surface area (Å²) in [7, 11) is 1.78. The van der Waals surface area contributed by atoms with E-state index in [1.165, 1.54) is 17.2 Å². The number of hydrogen-bond donors (Lipinski definition) is 2. The van der Waals surface area contributed by atoms with Gasteiger partial charge in [-0.2, -0.15) is 0 Å². The molecule has 1 saturated carbocycles. The minimum absolute atomic E-state index is 0. The molecule has 2 N–H and O–H groups in total. The van der Waals surface area contributed by atoms with Crippen molar-refractivity contribution in [2.75, 3.05) is 20.2 Å². The van der Waals surface area contributed by atoms with Gasteiger partial charge in [0, 0.05) is 38.1 Å². The molecule has 0 bridgehead atoms. The van der Waals surface area contributed by atoms with Crippen molar-refractivity contribution in [3.63, 3.8) is 0 Å². The van der Waals surface area contributed by atoms with Gasteiger partial charge < -0.3 is 15.4 Å². The Kier molecular flexibility index (Phi) is 8.11. The lowest BCUT2D eigenvalue weighted by Crippen LogP contribution is -2.43. The zero-order valence-electron chi connectivity index (χ0n) is 17.6. The molecule has 2 aliphatic rings. The highest BCUT2D eigenvalue weighted by atomic mass is 127. The molecule has 0 aromatic heterocycles. The van der Waals surface area contributed by atoms with Gasteiger partial charge in [0.1, 0.15) is 5.82 Å². The predicted molar refractivity (Wildman–Crippen MR) is 130 cm³/mol. The first-order valence-corrected chi connectivity index (χ1v) is 10.6. The maximum absolute atomic E-state index is 14.0. The fourth-order valence-corrected chi connectivity index (χ4v) is 4.25. The average molecular weight is 523 g/mol. The van der Waals surface area contributed by atoms with Crippen molar-refractivity contribution in [1.82, 2.24) is 10.6 Å². The first-order chi connectivity index (χ1) is 14.2. The van der Waals surface area contributed by atoms with Crippen LogP contribution in [0.15, 0.2) is 53.5 Å². The van der Waals surface area contributed by atoms with Gasteiger partial charge in [-0.05, 0) is 43.4 Å². The molecule has 1 saturated heterocycles. The van der Waals surface area contributed by atoms with Gasteiger partial charge in [0.05, 0.1) is 6.10 Å². The van der Waals surface area contributed by atoms with Crippen LogP contribution in [0.3, 0.4) is 0 Å². The van der Waals surface area contributed by atoms with E-state index in [0.717, 1.165) is 43.9 Å². The Morgan fingerprint density at radius 3 is 2.67 bits per heavy atom. The molecule has 2 aromatic carbocycles. The lowest BCUT2D eigenvalue weighted by molar-refractivity contribution is -0.0265. The number of halogens is 2. The van der Waals surface area contributed by atoms with Crippen LogP contribution in [-0.2, 0) is 4.74 Å². The van der Waals surface area contributed by atoms with Crippen LogP contribution in [-0.4, -0.2) is 32.2 Å². The summed E-state index contributed by atoms with van der Waals surface area (Å²) in [5.41, 5.74) is 3.30. The standard InChI is InChI=1S/C24H30FN3O.HI/c1-16-9-11-17(12-10-16)23-18(6-5-13-29-23)15-27-24(26-2)28-22-14-20(22)19-7-3-4-8-21(19)25;/h3-4,7-12,18,20,22-23H,5-6,13-15H2,1-2H3,(H2,26,27,28);1H. The van der Waals surface area contributed by atoms with Gasteiger partial charge in [0.15, 0.2) is 5.96 Å². The van der Waals surface area contributed by atoms with Gasteiger partial charge in [-0.3, -0.25) is 4.99 Å². The van der Waals surface area contributed by atoms with Crippen LogP contribution in [0.25, 0.3) is 0 Å². The second-order valence-electron chi connectivity index (χ2n) is 8.17. The van der Waals surface area contributed by atoms with Crippen molar-refractivity contribution in [1.29, 1.82) is 0 Å². The molecule has 4 nitrogen and oxygen atoms in total. The third kappa shape index (κ3) is 5.52. The summed E-state index contributed by atoms with van der Waals surface area (Å²) in [5.74, 6) is 1.27. The molecule has 2 aromatic rings. The fourth-order valence-electron chi connectivity index (χ4n) is 4.25. The van der Waals surface area contributed by atoms with Crippen LogP contribution in [0.1, 0.15) is 48.0 Å². The van der Waals surface area contributed by atoms with Crippen molar-refractivity contribution in [2.45, 2.75) is 44.2 Å². The van der Waals surface area contributed by atoms with Gasteiger partial charge >= 0.3 is 0 Å². The number of nitrogens with zero attached hydrogens (tertiary/aromatic N) is 1. The lowest BCUT2D eigenvalue weighted by Gasteiger charge is -2.32. The van der Waals surface area contributed by atoms with E-state index in [1.54, 1.807) is 13.1 Å². The predicted octanol–water partition coefficient (Wildman–Crippen LogP) is 4.94. The maximum atomic E-state index is 14.0. The molecule has 0 spiro atoms. The molecule has 4 unspecified atom stereocenters. The van der Waals surface area contributed by atoms with Crippen molar-refractivity contribution in [2.24, 2.45) is 10.9 Å². The van der Waals surface area contributed by atoms with E-state index in [-0.39, 0.29) is 47.9 Å². The van der Waals surface area contributed by atoms with Crippen molar-refractivity contribution in [3.05, 3.63) is 71.0 Å². The average Bonchev–Trinajstić information content (AvgIpc) is 3.51. The summed E-state index contributed by atoms with van der Waals surface area (Å²) < 4.78 is 20.1. The Bertz CT molecular complexity index is 858. The molecule has 0 amide bonds. The second kappa shape index (κ2) is 10.6. The number of hydrogen-bond acceptors (Lipinski definition) is 2. The fraction of sp³-hybridized carbons (Fsp3) is 0.458. The highest BCUT2D eigenvalue weighted by Crippen LogP contribution is 2.41. The van der Waals surface area contributed by atoms with Gasteiger partial charge in [-0.15, -0.1) is 24.0 Å². The Balaban J connectivity index is 0.00000256. The molecule has 6 heteroatoms. The third-order valence-electron chi connectivity index (χ3n) is 6.02. The molecule has 1 heterocycles. The highest BCUT2D eigenvalue weighted by molar-refractivity contribution is 14.0. The number of nitrogens with one attached hydrogen (secondary N) is 2. The molecule has 162 valence electrons. The number of benzene rings is 2. The van der Waals surface area contributed by atoms with Gasteiger partial charge in [-0.25, -0.2) is 4.39 Å². The van der Waals surface area contributed by atoms with E-state index in [4.69, 9.17) is 4.74 Å². The number of ether oxygens (including phenoxy) is 1. The van der Waals surface area contributed by atoms with E-state index >= 15 is 0 Å². The van der Waals surface area contributed by atoms with Crippen molar-refractivity contribution < 1.29 is 9.13 Å². The minimum Gasteiger partial charge on any atom is -0.373 e. The smallest absolute Gasteiger partial charge is 0.191 e. The summed E-state index contributed by atoms with van der Waals surface area (Å²) in [6.07, 6.45) is 3.25. The molecule has 2 fully saturated rings. The number of aliphatic imine (C=N–C) groups is 1. The third-order valence-corrected chi connectivity index (χ3v) is 6.02. The summed E-state index contributed by atoms with van der Waals surface area (Å²) in [5, 5.41) is 6.92. The van der Waals surface area contributed by atoms with E-state index in [1.807, 2.05) is 12.1 Å². The lowest BCUT2D eigenvalue weighted by atomic mass is 9.89. The monoisotopic (exact) mass is 523 g/mol. The Labute approximate surface area is 195 Å². The van der Waals surface area contributed by atoms with Crippen molar-refractivity contribution in [3.8, 4) is 0 Å². The number of rotatable bonds is 5. The second-order valence-corrected chi connectivity index (χ2v) is 8.17. The van der Waals surface area contributed by atoms with Gasteiger partial charge in [0.2, 0.25) is 0 Å². The van der Waals surface area contributed by atoms with Gasteiger partial charge in [-0.1, -0.05) is 48.0 Å².